The van der Waals surface area contributed by atoms with E-state index in [0.29, 0.717) is 5.41 Å². The number of nitrogens with zero attached hydrogens (tertiary/aromatic N) is 1. The Labute approximate surface area is 115 Å². The molecule has 1 heterocycles. The van der Waals surface area contributed by atoms with Crippen LogP contribution in [0, 0.1) is 0 Å². The summed E-state index contributed by atoms with van der Waals surface area (Å²) in [6, 6.07) is 9.22. The first-order valence-corrected chi connectivity index (χ1v) is 7.34. The molecular formula is C16H24N2O. The molecule has 0 atom stereocenters. The topological polar surface area (TPSA) is 24.5 Å². The van der Waals surface area contributed by atoms with Gasteiger partial charge in [-0.15, -0.1) is 0 Å². The van der Waals surface area contributed by atoms with E-state index in [1.807, 2.05) is 0 Å². The van der Waals surface area contributed by atoms with Crippen LogP contribution >= 0.6 is 0 Å². The first-order valence-electron chi connectivity index (χ1n) is 7.34. The summed E-state index contributed by atoms with van der Waals surface area (Å²) in [7, 11) is 1.80. The molecule has 3 heteroatoms. The van der Waals surface area contributed by atoms with Crippen molar-refractivity contribution >= 4 is 0 Å². The van der Waals surface area contributed by atoms with Gasteiger partial charge in [0.1, 0.15) is 0 Å². The molecule has 1 N–H and O–H groups in total. The first kappa shape index (κ1) is 13.1. The molecule has 1 aliphatic heterocycles. The third-order valence-corrected chi connectivity index (χ3v) is 4.46. The fraction of sp³-hybridized carbons (Fsp3) is 0.625. The van der Waals surface area contributed by atoms with Crippen molar-refractivity contribution in [1.82, 2.24) is 10.2 Å². The third kappa shape index (κ3) is 2.99. The average molecular weight is 260 g/mol. The van der Waals surface area contributed by atoms with Gasteiger partial charge in [0, 0.05) is 45.2 Å². The summed E-state index contributed by atoms with van der Waals surface area (Å²) < 4.78 is 5.36. The molecule has 1 saturated heterocycles. The Morgan fingerprint density at radius 1 is 1.16 bits per heavy atom. The van der Waals surface area contributed by atoms with Gasteiger partial charge in [-0.05, 0) is 24.0 Å². The molecule has 2 fully saturated rings. The van der Waals surface area contributed by atoms with E-state index < -0.39 is 0 Å². The highest BCUT2D eigenvalue weighted by molar-refractivity contribution is 5.34. The zero-order valence-corrected chi connectivity index (χ0v) is 11.8. The molecule has 104 valence electrons. The largest absolute Gasteiger partial charge is 0.384 e. The van der Waals surface area contributed by atoms with Gasteiger partial charge in [0.05, 0.1) is 6.61 Å². The Bertz CT molecular complexity index is 405. The number of nitrogens with one attached hydrogen (secondary N) is 1. The lowest BCUT2D eigenvalue weighted by molar-refractivity contribution is 0.171. The molecular weight excluding hydrogens is 236 g/mol. The minimum absolute atomic E-state index is 0.336. The normalized spacial score (nSPS) is 22.4. The van der Waals surface area contributed by atoms with Crippen LogP contribution in [0.3, 0.4) is 0 Å². The zero-order valence-electron chi connectivity index (χ0n) is 11.8. The molecule has 1 saturated carbocycles. The lowest BCUT2D eigenvalue weighted by Crippen LogP contribution is -2.42. The van der Waals surface area contributed by atoms with Crippen molar-refractivity contribution in [3.63, 3.8) is 0 Å². The van der Waals surface area contributed by atoms with Crippen LogP contribution in [-0.4, -0.2) is 44.8 Å². The highest BCUT2D eigenvalue weighted by Crippen LogP contribution is 2.48. The van der Waals surface area contributed by atoms with E-state index in [-0.39, 0.29) is 0 Å². The van der Waals surface area contributed by atoms with E-state index in [4.69, 9.17) is 4.74 Å². The summed E-state index contributed by atoms with van der Waals surface area (Å²) in [6.45, 7) is 6.51. The summed E-state index contributed by atoms with van der Waals surface area (Å²) >= 11 is 0. The SMILES string of the molecule is COCC1(c2ccc(CN3CCNCC3)cc2)CC1. The molecule has 0 unspecified atom stereocenters. The van der Waals surface area contributed by atoms with Crippen LogP contribution in [-0.2, 0) is 16.7 Å². The van der Waals surface area contributed by atoms with Gasteiger partial charge in [0.2, 0.25) is 0 Å². The van der Waals surface area contributed by atoms with Crippen molar-refractivity contribution in [2.45, 2.75) is 24.8 Å². The lowest BCUT2D eigenvalue weighted by atomic mass is 9.96. The Morgan fingerprint density at radius 3 is 2.42 bits per heavy atom. The third-order valence-electron chi connectivity index (χ3n) is 4.46. The smallest absolute Gasteiger partial charge is 0.0559 e. The van der Waals surface area contributed by atoms with E-state index >= 15 is 0 Å². The van der Waals surface area contributed by atoms with Gasteiger partial charge in [-0.1, -0.05) is 24.3 Å². The fourth-order valence-electron chi connectivity index (χ4n) is 3.03. The molecule has 19 heavy (non-hydrogen) atoms. The second-order valence-electron chi connectivity index (χ2n) is 5.94. The van der Waals surface area contributed by atoms with Crippen LogP contribution < -0.4 is 5.32 Å². The minimum Gasteiger partial charge on any atom is -0.384 e. The minimum atomic E-state index is 0.336. The maximum atomic E-state index is 5.36. The van der Waals surface area contributed by atoms with Crippen LogP contribution in [0.2, 0.25) is 0 Å². The second kappa shape index (κ2) is 5.61. The number of hydrogen-bond donors (Lipinski definition) is 1. The summed E-state index contributed by atoms with van der Waals surface area (Å²) in [4.78, 5) is 2.52. The van der Waals surface area contributed by atoms with Gasteiger partial charge in [0.25, 0.3) is 0 Å². The number of methoxy groups -OCH3 is 1. The second-order valence-corrected chi connectivity index (χ2v) is 5.94. The van der Waals surface area contributed by atoms with Gasteiger partial charge >= 0.3 is 0 Å². The van der Waals surface area contributed by atoms with Crippen molar-refractivity contribution < 1.29 is 4.74 Å². The maximum absolute atomic E-state index is 5.36. The molecule has 3 nitrogen and oxygen atoms in total. The zero-order chi connectivity index (χ0) is 13.1. The van der Waals surface area contributed by atoms with Crippen LogP contribution in [0.15, 0.2) is 24.3 Å². The number of piperazine rings is 1. The molecule has 2 aliphatic rings. The van der Waals surface area contributed by atoms with Gasteiger partial charge in [0.15, 0.2) is 0 Å². The Morgan fingerprint density at radius 2 is 1.84 bits per heavy atom. The summed E-state index contributed by atoms with van der Waals surface area (Å²) in [5.74, 6) is 0. The van der Waals surface area contributed by atoms with E-state index in [0.717, 1.165) is 39.3 Å². The van der Waals surface area contributed by atoms with Gasteiger partial charge in [-0.2, -0.15) is 0 Å². The standard InChI is InChI=1S/C16H24N2O/c1-19-13-16(6-7-16)15-4-2-14(3-5-15)12-18-10-8-17-9-11-18/h2-5,17H,6-13H2,1H3. The highest BCUT2D eigenvalue weighted by Gasteiger charge is 2.44. The summed E-state index contributed by atoms with van der Waals surface area (Å²) in [5, 5.41) is 3.40. The van der Waals surface area contributed by atoms with E-state index in [9.17, 15) is 0 Å². The molecule has 0 aromatic heterocycles. The predicted molar refractivity (Wildman–Crippen MR) is 77.4 cm³/mol. The highest BCUT2D eigenvalue weighted by atomic mass is 16.5. The quantitative estimate of drug-likeness (QED) is 0.873. The number of ether oxygens (including phenoxy) is 1. The van der Waals surface area contributed by atoms with Gasteiger partial charge < -0.3 is 10.1 Å². The molecule has 0 spiro atoms. The molecule has 1 aromatic carbocycles. The Kier molecular flexibility index (Phi) is 3.87. The Balaban J connectivity index is 1.62. The molecule has 1 aliphatic carbocycles. The maximum Gasteiger partial charge on any atom is 0.0559 e. The molecule has 0 radical (unpaired) electrons. The first-order chi connectivity index (χ1) is 9.32. The van der Waals surface area contributed by atoms with E-state index in [2.05, 4.69) is 34.5 Å². The molecule has 3 rings (SSSR count). The number of benzene rings is 1. The van der Waals surface area contributed by atoms with Crippen molar-refractivity contribution in [2.24, 2.45) is 0 Å². The van der Waals surface area contributed by atoms with Crippen LogP contribution in [0.5, 0.6) is 0 Å². The van der Waals surface area contributed by atoms with E-state index in [1.165, 1.54) is 24.0 Å². The lowest BCUT2D eigenvalue weighted by Gasteiger charge is -2.27. The number of hydrogen-bond acceptors (Lipinski definition) is 3. The summed E-state index contributed by atoms with van der Waals surface area (Å²) in [5.41, 5.74) is 3.22. The van der Waals surface area contributed by atoms with Crippen LogP contribution in [0.4, 0.5) is 0 Å². The fourth-order valence-corrected chi connectivity index (χ4v) is 3.03. The monoisotopic (exact) mass is 260 g/mol. The van der Waals surface area contributed by atoms with Crippen molar-refractivity contribution in [2.75, 3.05) is 39.9 Å². The van der Waals surface area contributed by atoms with Crippen molar-refractivity contribution in [1.29, 1.82) is 0 Å². The molecule has 0 amide bonds. The number of rotatable bonds is 5. The van der Waals surface area contributed by atoms with Crippen molar-refractivity contribution in [3.8, 4) is 0 Å². The Hall–Kier alpha value is -0.900. The molecule has 0 bridgehead atoms. The van der Waals surface area contributed by atoms with Crippen LogP contribution in [0.25, 0.3) is 0 Å². The molecule has 1 aromatic rings. The van der Waals surface area contributed by atoms with Gasteiger partial charge in [-0.25, -0.2) is 0 Å². The predicted octanol–water partition coefficient (Wildman–Crippen LogP) is 1.77. The van der Waals surface area contributed by atoms with Crippen LogP contribution in [0.1, 0.15) is 24.0 Å². The van der Waals surface area contributed by atoms with Crippen molar-refractivity contribution in [3.05, 3.63) is 35.4 Å². The average Bonchev–Trinajstić information content (AvgIpc) is 3.22. The summed E-state index contributed by atoms with van der Waals surface area (Å²) in [6.07, 6.45) is 2.55. The van der Waals surface area contributed by atoms with E-state index in [1.54, 1.807) is 7.11 Å². The van der Waals surface area contributed by atoms with Gasteiger partial charge in [-0.3, -0.25) is 4.90 Å².